The van der Waals surface area contributed by atoms with Crippen LogP contribution in [0.25, 0.3) is 11.4 Å². The highest BCUT2D eigenvalue weighted by atomic mass is 32.2. The number of carbonyl (C=O) groups excluding carboxylic acids is 1. The van der Waals surface area contributed by atoms with E-state index in [2.05, 4.69) is 14.8 Å². The van der Waals surface area contributed by atoms with Gasteiger partial charge in [0.05, 0.1) is 19.5 Å². The Balaban J connectivity index is 2.04. The standard InChI is InChI=1S/C20H27N3O3S/c1-13(24)14(2)27-20-22-21-19(23(20)16-8-6-5-7-9-16)15-10-11-17(25-3)18(12-15)26-4/h10-12,14,16H,5-9H2,1-4H3. The molecule has 0 aliphatic heterocycles. The lowest BCUT2D eigenvalue weighted by molar-refractivity contribution is -0.116. The summed E-state index contributed by atoms with van der Waals surface area (Å²) in [4.78, 5) is 11.8. The lowest BCUT2D eigenvalue weighted by atomic mass is 9.95. The Kier molecular flexibility index (Phi) is 6.42. The van der Waals surface area contributed by atoms with Crippen molar-refractivity contribution in [2.75, 3.05) is 14.2 Å². The molecule has 27 heavy (non-hydrogen) atoms. The number of methoxy groups -OCH3 is 2. The summed E-state index contributed by atoms with van der Waals surface area (Å²) >= 11 is 1.49. The summed E-state index contributed by atoms with van der Waals surface area (Å²) in [5, 5.41) is 9.60. The molecule has 1 heterocycles. The van der Waals surface area contributed by atoms with Crippen LogP contribution in [0.15, 0.2) is 23.4 Å². The molecule has 1 unspecified atom stereocenters. The number of ether oxygens (including phenoxy) is 2. The van der Waals surface area contributed by atoms with Gasteiger partial charge in [0.25, 0.3) is 0 Å². The molecule has 0 saturated heterocycles. The first-order valence-corrected chi connectivity index (χ1v) is 10.3. The van der Waals surface area contributed by atoms with Crippen molar-refractivity contribution in [2.24, 2.45) is 0 Å². The Hall–Kier alpha value is -2.02. The molecule has 146 valence electrons. The summed E-state index contributed by atoms with van der Waals surface area (Å²) in [6, 6.07) is 6.16. The summed E-state index contributed by atoms with van der Waals surface area (Å²) in [6.45, 7) is 3.54. The SMILES string of the molecule is COc1ccc(-c2nnc(SC(C)C(C)=O)n2C2CCCCC2)cc1OC. The van der Waals surface area contributed by atoms with Gasteiger partial charge in [0, 0.05) is 11.6 Å². The molecular formula is C20H27N3O3S. The van der Waals surface area contributed by atoms with E-state index in [9.17, 15) is 4.79 Å². The Morgan fingerprint density at radius 1 is 1.15 bits per heavy atom. The molecule has 6 nitrogen and oxygen atoms in total. The number of ketones is 1. The van der Waals surface area contributed by atoms with E-state index < -0.39 is 0 Å². The van der Waals surface area contributed by atoms with Crippen LogP contribution in [0.3, 0.4) is 0 Å². The van der Waals surface area contributed by atoms with Crippen LogP contribution >= 0.6 is 11.8 Å². The van der Waals surface area contributed by atoms with Gasteiger partial charge in [-0.3, -0.25) is 9.36 Å². The average molecular weight is 390 g/mol. The van der Waals surface area contributed by atoms with Crippen molar-refractivity contribution < 1.29 is 14.3 Å². The zero-order valence-electron chi connectivity index (χ0n) is 16.4. The molecule has 1 aliphatic rings. The first-order valence-electron chi connectivity index (χ1n) is 9.39. The molecule has 3 rings (SSSR count). The minimum atomic E-state index is -0.144. The van der Waals surface area contributed by atoms with Crippen LogP contribution in [0.5, 0.6) is 11.5 Å². The van der Waals surface area contributed by atoms with Gasteiger partial charge >= 0.3 is 0 Å². The third-order valence-electron chi connectivity index (χ3n) is 5.10. The van der Waals surface area contributed by atoms with Gasteiger partial charge in [-0.2, -0.15) is 0 Å². The van der Waals surface area contributed by atoms with E-state index in [4.69, 9.17) is 9.47 Å². The Morgan fingerprint density at radius 2 is 1.85 bits per heavy atom. The third-order valence-corrected chi connectivity index (χ3v) is 6.28. The van der Waals surface area contributed by atoms with Gasteiger partial charge in [0.2, 0.25) is 0 Å². The second-order valence-electron chi connectivity index (χ2n) is 6.91. The monoisotopic (exact) mass is 389 g/mol. The van der Waals surface area contributed by atoms with E-state index in [1.165, 1.54) is 31.0 Å². The summed E-state index contributed by atoms with van der Waals surface area (Å²) < 4.78 is 13.0. The van der Waals surface area contributed by atoms with Crippen LogP contribution in [-0.4, -0.2) is 40.0 Å². The van der Waals surface area contributed by atoms with Crippen LogP contribution in [0.1, 0.15) is 52.0 Å². The van der Waals surface area contributed by atoms with Gasteiger partial charge in [0.15, 0.2) is 22.5 Å². The quantitative estimate of drug-likeness (QED) is 0.648. The summed E-state index contributed by atoms with van der Waals surface area (Å²) in [7, 11) is 3.25. The molecule has 7 heteroatoms. The number of nitrogens with zero attached hydrogens (tertiary/aromatic N) is 3. The van der Waals surface area contributed by atoms with Crippen LogP contribution in [0.2, 0.25) is 0 Å². The van der Waals surface area contributed by atoms with Gasteiger partial charge in [-0.1, -0.05) is 31.0 Å². The summed E-state index contributed by atoms with van der Waals surface area (Å²) in [5.41, 5.74) is 0.938. The predicted octanol–water partition coefficient (Wildman–Crippen LogP) is 4.54. The van der Waals surface area contributed by atoms with Crippen LogP contribution in [0, 0.1) is 0 Å². The fraction of sp³-hybridized carbons (Fsp3) is 0.550. The largest absolute Gasteiger partial charge is 0.493 e. The molecule has 0 spiro atoms. The number of benzene rings is 1. The van der Waals surface area contributed by atoms with Crippen molar-refractivity contribution in [3.63, 3.8) is 0 Å². The number of aromatic nitrogens is 3. The van der Waals surface area contributed by atoms with Gasteiger partial charge < -0.3 is 9.47 Å². The molecule has 1 saturated carbocycles. The molecule has 2 aromatic rings. The maximum Gasteiger partial charge on any atom is 0.192 e. The first-order chi connectivity index (χ1) is 13.0. The van der Waals surface area contributed by atoms with E-state index in [1.807, 2.05) is 25.1 Å². The zero-order chi connectivity index (χ0) is 19.4. The first kappa shape index (κ1) is 19.7. The van der Waals surface area contributed by atoms with E-state index in [0.29, 0.717) is 17.5 Å². The highest BCUT2D eigenvalue weighted by molar-refractivity contribution is 8.00. The minimum Gasteiger partial charge on any atom is -0.493 e. The Labute approximate surface area is 164 Å². The molecule has 1 fully saturated rings. The van der Waals surface area contributed by atoms with E-state index in [1.54, 1.807) is 21.1 Å². The molecule has 0 N–H and O–H groups in total. The van der Waals surface area contributed by atoms with Crippen molar-refractivity contribution in [3.8, 4) is 22.9 Å². The second kappa shape index (κ2) is 8.78. The Bertz CT molecular complexity index is 800. The van der Waals surface area contributed by atoms with E-state index in [-0.39, 0.29) is 11.0 Å². The molecule has 1 atom stereocenters. The topological polar surface area (TPSA) is 66.2 Å². The van der Waals surface area contributed by atoms with Crippen LogP contribution in [-0.2, 0) is 4.79 Å². The molecular weight excluding hydrogens is 362 g/mol. The number of carbonyl (C=O) groups is 1. The molecule has 0 amide bonds. The zero-order valence-corrected chi connectivity index (χ0v) is 17.2. The molecule has 1 aliphatic carbocycles. The van der Waals surface area contributed by atoms with Crippen molar-refractivity contribution >= 4 is 17.5 Å². The maximum atomic E-state index is 11.8. The van der Waals surface area contributed by atoms with E-state index in [0.717, 1.165) is 29.4 Å². The highest BCUT2D eigenvalue weighted by Crippen LogP contribution is 2.38. The third kappa shape index (κ3) is 4.29. The van der Waals surface area contributed by atoms with Crippen LogP contribution < -0.4 is 9.47 Å². The normalized spacial score (nSPS) is 16.1. The molecule has 1 aromatic carbocycles. The second-order valence-corrected chi connectivity index (χ2v) is 8.22. The molecule has 0 bridgehead atoms. The fourth-order valence-corrected chi connectivity index (χ4v) is 4.36. The lowest BCUT2D eigenvalue weighted by Crippen LogP contribution is -2.17. The van der Waals surface area contributed by atoms with Gasteiger partial charge in [-0.05, 0) is 44.9 Å². The summed E-state index contributed by atoms with van der Waals surface area (Å²) in [5.74, 6) is 2.32. The van der Waals surface area contributed by atoms with Crippen LogP contribution in [0.4, 0.5) is 0 Å². The summed E-state index contributed by atoms with van der Waals surface area (Å²) in [6.07, 6.45) is 5.92. The van der Waals surface area contributed by atoms with E-state index >= 15 is 0 Å². The van der Waals surface area contributed by atoms with Gasteiger partial charge in [-0.25, -0.2) is 0 Å². The number of thioether (sulfide) groups is 1. The maximum absolute atomic E-state index is 11.8. The predicted molar refractivity (Wildman–Crippen MR) is 107 cm³/mol. The van der Waals surface area contributed by atoms with Gasteiger partial charge in [0.1, 0.15) is 5.78 Å². The van der Waals surface area contributed by atoms with Crippen molar-refractivity contribution in [3.05, 3.63) is 18.2 Å². The van der Waals surface area contributed by atoms with Crippen molar-refractivity contribution in [1.29, 1.82) is 0 Å². The highest BCUT2D eigenvalue weighted by Gasteiger charge is 2.26. The number of hydrogen-bond donors (Lipinski definition) is 0. The van der Waals surface area contributed by atoms with Crippen molar-refractivity contribution in [1.82, 2.24) is 14.8 Å². The average Bonchev–Trinajstić information content (AvgIpc) is 3.11. The molecule has 0 radical (unpaired) electrons. The van der Waals surface area contributed by atoms with Crippen molar-refractivity contribution in [2.45, 2.75) is 62.4 Å². The number of Topliss-reactive ketones (excluding diaryl/α,β-unsaturated/α-hetero) is 1. The lowest BCUT2D eigenvalue weighted by Gasteiger charge is -2.26. The number of hydrogen-bond acceptors (Lipinski definition) is 6. The van der Waals surface area contributed by atoms with Gasteiger partial charge in [-0.15, -0.1) is 10.2 Å². The Morgan fingerprint density at radius 3 is 2.48 bits per heavy atom. The molecule has 1 aromatic heterocycles. The fourth-order valence-electron chi connectivity index (χ4n) is 3.44. The number of rotatable bonds is 7. The minimum absolute atomic E-state index is 0.144. The smallest absolute Gasteiger partial charge is 0.192 e.